The molecule has 0 aromatic carbocycles. The molecule has 0 unspecified atom stereocenters. The van der Waals surface area contributed by atoms with Crippen molar-refractivity contribution in [1.82, 2.24) is 0 Å². The highest BCUT2D eigenvalue weighted by Crippen LogP contribution is 2.56. The van der Waals surface area contributed by atoms with Crippen LogP contribution < -0.4 is 0 Å². The van der Waals surface area contributed by atoms with E-state index >= 15 is 0 Å². The summed E-state index contributed by atoms with van der Waals surface area (Å²) in [6.45, 7) is 19.6. The number of allylic oxidation sites excluding steroid dienone is 2. The SMILES string of the molecule is CC1(C)COC2(CC=C(C#CC3=CCC4(OCC(C)(C)CO4)[C@H]4C[C@@H]5OC(C)(C)O[C@@H]5C[C@H]34)[C@H]3C[C@H]4OC(C)(C)O[C@H]4C[C@@H]32)OC1. The van der Waals surface area contributed by atoms with Crippen LogP contribution in [0.3, 0.4) is 0 Å². The molecule has 2 saturated carbocycles. The molecule has 0 radical (unpaired) electrons. The van der Waals surface area contributed by atoms with Gasteiger partial charge in [0.25, 0.3) is 0 Å². The Morgan fingerprint density at radius 3 is 1.17 bits per heavy atom. The predicted molar refractivity (Wildman–Crippen MR) is 170 cm³/mol. The Bertz CT molecular complexity index is 1240. The monoisotopic (exact) mass is 638 g/mol. The summed E-state index contributed by atoms with van der Waals surface area (Å²) < 4.78 is 52.3. The number of hydrogen-bond acceptors (Lipinski definition) is 8. The van der Waals surface area contributed by atoms with Crippen LogP contribution in [-0.2, 0) is 37.9 Å². The van der Waals surface area contributed by atoms with Crippen LogP contribution in [0.1, 0.15) is 93.9 Å². The fraction of sp³-hybridized carbons (Fsp3) is 0.842. The molecule has 4 heterocycles. The first-order valence-electron chi connectivity index (χ1n) is 17.7. The van der Waals surface area contributed by atoms with Gasteiger partial charge in [-0.05, 0) is 53.4 Å². The molecule has 4 aliphatic heterocycles. The molecule has 254 valence electrons. The largest absolute Gasteiger partial charge is 0.349 e. The summed E-state index contributed by atoms with van der Waals surface area (Å²) >= 11 is 0. The first-order chi connectivity index (χ1) is 21.6. The summed E-state index contributed by atoms with van der Waals surface area (Å²) in [4.78, 5) is 0. The fourth-order valence-electron chi connectivity index (χ4n) is 9.58. The van der Waals surface area contributed by atoms with Gasteiger partial charge in [-0.3, -0.25) is 0 Å². The van der Waals surface area contributed by atoms with Gasteiger partial charge in [0.1, 0.15) is 0 Å². The lowest BCUT2D eigenvalue weighted by atomic mass is 9.64. The second-order valence-electron chi connectivity index (χ2n) is 17.9. The van der Waals surface area contributed by atoms with Crippen LogP contribution in [0.5, 0.6) is 0 Å². The Balaban J connectivity index is 1.10. The molecule has 8 heteroatoms. The molecule has 8 rings (SSSR count). The number of hydrogen-bond donors (Lipinski definition) is 0. The lowest BCUT2D eigenvalue weighted by Crippen LogP contribution is -2.58. The molecule has 0 bridgehead atoms. The number of rotatable bonds is 0. The van der Waals surface area contributed by atoms with Gasteiger partial charge in [-0.15, -0.1) is 0 Å². The van der Waals surface area contributed by atoms with E-state index in [1.807, 2.05) is 27.7 Å². The van der Waals surface area contributed by atoms with E-state index in [2.05, 4.69) is 51.7 Å². The van der Waals surface area contributed by atoms with Crippen LogP contribution >= 0.6 is 0 Å². The third-order valence-corrected chi connectivity index (χ3v) is 11.8. The minimum Gasteiger partial charge on any atom is -0.349 e. The summed E-state index contributed by atoms with van der Waals surface area (Å²) in [5.41, 5.74) is 2.36. The Labute approximate surface area is 275 Å². The van der Waals surface area contributed by atoms with Gasteiger partial charge in [-0.25, -0.2) is 0 Å². The molecule has 4 saturated heterocycles. The van der Waals surface area contributed by atoms with E-state index in [1.54, 1.807) is 0 Å². The molecule has 8 atom stereocenters. The molecule has 0 aromatic rings. The smallest absolute Gasteiger partial charge is 0.175 e. The molecular formula is C38H54O8. The van der Waals surface area contributed by atoms with Crippen molar-refractivity contribution in [3.8, 4) is 11.8 Å². The van der Waals surface area contributed by atoms with Gasteiger partial charge in [0, 0.05) is 58.5 Å². The molecular weight excluding hydrogens is 584 g/mol. The van der Waals surface area contributed by atoms with Crippen LogP contribution in [0, 0.1) is 46.3 Å². The van der Waals surface area contributed by atoms with Crippen molar-refractivity contribution in [2.75, 3.05) is 26.4 Å². The highest BCUT2D eigenvalue weighted by Gasteiger charge is 2.60. The number of ether oxygens (including phenoxy) is 8. The quantitative estimate of drug-likeness (QED) is 0.287. The number of fused-ring (bicyclic) bond motifs is 6. The van der Waals surface area contributed by atoms with Crippen molar-refractivity contribution < 1.29 is 37.9 Å². The van der Waals surface area contributed by atoms with E-state index in [4.69, 9.17) is 37.9 Å². The van der Waals surface area contributed by atoms with Gasteiger partial charge in [0.2, 0.25) is 0 Å². The summed E-state index contributed by atoms with van der Waals surface area (Å²) in [6, 6.07) is 0. The van der Waals surface area contributed by atoms with E-state index in [0.717, 1.165) is 25.7 Å². The third-order valence-electron chi connectivity index (χ3n) is 11.8. The van der Waals surface area contributed by atoms with Crippen LogP contribution in [-0.4, -0.2) is 74.0 Å². The molecule has 46 heavy (non-hydrogen) atoms. The zero-order valence-corrected chi connectivity index (χ0v) is 29.1. The minimum absolute atomic E-state index is 0.00186. The first-order valence-corrected chi connectivity index (χ1v) is 17.7. The molecule has 0 amide bonds. The van der Waals surface area contributed by atoms with Gasteiger partial charge < -0.3 is 37.9 Å². The molecule has 6 fully saturated rings. The first kappa shape index (κ1) is 32.0. The molecule has 0 N–H and O–H groups in total. The lowest BCUT2D eigenvalue weighted by molar-refractivity contribution is -0.334. The van der Waals surface area contributed by atoms with E-state index in [9.17, 15) is 0 Å². The van der Waals surface area contributed by atoms with E-state index in [-0.39, 0.29) is 58.9 Å². The maximum absolute atomic E-state index is 6.66. The summed E-state index contributed by atoms with van der Waals surface area (Å²) in [5, 5.41) is 0. The van der Waals surface area contributed by atoms with Crippen molar-refractivity contribution >= 4 is 0 Å². The van der Waals surface area contributed by atoms with Crippen molar-refractivity contribution in [3.05, 3.63) is 23.3 Å². The topological polar surface area (TPSA) is 73.8 Å². The van der Waals surface area contributed by atoms with Crippen molar-refractivity contribution in [2.24, 2.45) is 34.5 Å². The van der Waals surface area contributed by atoms with Gasteiger partial charge >= 0.3 is 0 Å². The van der Waals surface area contributed by atoms with E-state index in [0.29, 0.717) is 39.3 Å². The maximum Gasteiger partial charge on any atom is 0.175 e. The van der Waals surface area contributed by atoms with Crippen molar-refractivity contribution in [3.63, 3.8) is 0 Å². The van der Waals surface area contributed by atoms with Gasteiger partial charge in [-0.1, -0.05) is 51.7 Å². The molecule has 8 aliphatic rings. The lowest BCUT2D eigenvalue weighted by Gasteiger charge is -2.54. The third kappa shape index (κ3) is 5.55. The normalized spacial score (nSPS) is 43.7. The Kier molecular flexibility index (Phi) is 7.37. The highest BCUT2D eigenvalue weighted by molar-refractivity contribution is 5.44. The zero-order chi connectivity index (χ0) is 32.3. The Morgan fingerprint density at radius 2 is 0.826 bits per heavy atom. The van der Waals surface area contributed by atoms with Gasteiger partial charge in [0.15, 0.2) is 23.1 Å². The second kappa shape index (κ2) is 10.6. The fourth-order valence-corrected chi connectivity index (χ4v) is 9.58. The van der Waals surface area contributed by atoms with Crippen LogP contribution in [0.15, 0.2) is 23.3 Å². The van der Waals surface area contributed by atoms with Gasteiger partial charge in [0.05, 0.1) is 50.8 Å². The highest BCUT2D eigenvalue weighted by atomic mass is 16.8. The Hall–Kier alpha value is -1.28. The van der Waals surface area contributed by atoms with Crippen molar-refractivity contribution in [2.45, 2.75) is 141 Å². The summed E-state index contributed by atoms with van der Waals surface area (Å²) in [6.07, 6.45) is 9.53. The van der Waals surface area contributed by atoms with Gasteiger partial charge in [-0.2, -0.15) is 0 Å². The summed E-state index contributed by atoms with van der Waals surface area (Å²) in [7, 11) is 0. The van der Waals surface area contributed by atoms with Crippen LogP contribution in [0.2, 0.25) is 0 Å². The van der Waals surface area contributed by atoms with Crippen molar-refractivity contribution in [1.29, 1.82) is 0 Å². The Morgan fingerprint density at radius 1 is 0.500 bits per heavy atom. The van der Waals surface area contributed by atoms with E-state index < -0.39 is 23.1 Å². The predicted octanol–water partition coefficient (Wildman–Crippen LogP) is 6.28. The standard InChI is InChI=1S/C38H54O8/c1-33(2)19-39-37(40-20-33)13-11-23(25-15-29-31(17-27(25)37)45-35(5,6)43-29)9-10-24-12-14-38(41-21-34(3,4)22-42-38)28-18-32-30(16-26(24)28)44-36(7,8)46-32/h11-12,25-32H,13-22H2,1-8H3/t25-,26-,27+,28+,29-,30-,31+,32+/m1/s1. The average molecular weight is 639 g/mol. The maximum atomic E-state index is 6.66. The summed E-state index contributed by atoms with van der Waals surface area (Å²) in [5.74, 6) is 5.68. The average Bonchev–Trinajstić information content (AvgIpc) is 3.46. The molecule has 8 nitrogen and oxygen atoms in total. The molecule has 2 spiro atoms. The molecule has 4 aliphatic carbocycles. The minimum atomic E-state index is -0.636. The van der Waals surface area contributed by atoms with Crippen LogP contribution in [0.4, 0.5) is 0 Å². The van der Waals surface area contributed by atoms with E-state index in [1.165, 1.54) is 11.1 Å². The van der Waals surface area contributed by atoms with Crippen LogP contribution in [0.25, 0.3) is 0 Å². The second-order valence-corrected chi connectivity index (χ2v) is 17.9. The zero-order valence-electron chi connectivity index (χ0n) is 29.1. The molecule has 0 aromatic heterocycles.